The number of esters is 1. The number of methoxy groups -OCH3 is 1. The van der Waals surface area contributed by atoms with Crippen LogP contribution in [0.3, 0.4) is 0 Å². The highest BCUT2D eigenvalue weighted by molar-refractivity contribution is 6.74. The van der Waals surface area contributed by atoms with Gasteiger partial charge in [0.1, 0.15) is 6.04 Å². The molecule has 1 heterocycles. The minimum Gasteiger partial charge on any atom is -0.468 e. The standard InChI is InChI=1S/C14H29NO3Si/c1-10-11(18-19(7,8)14(2,3)4)9-15(5)12(10)13(16)17-6/h10-12H,9H2,1-8H3/t10-,11+,12+/m1/s1. The normalized spacial score (nSPS) is 29.6. The number of hydrogen-bond donors (Lipinski definition) is 0. The van der Waals surface area contributed by atoms with Gasteiger partial charge < -0.3 is 9.16 Å². The Hall–Kier alpha value is -0.393. The first kappa shape index (κ1) is 16.7. The van der Waals surface area contributed by atoms with Gasteiger partial charge in [0, 0.05) is 12.5 Å². The Bertz CT molecular complexity index is 338. The molecule has 0 N–H and O–H groups in total. The van der Waals surface area contributed by atoms with Gasteiger partial charge in [0.2, 0.25) is 0 Å². The number of likely N-dealkylation sites (tertiary alicyclic amines) is 1. The minimum absolute atomic E-state index is 0.120. The predicted molar refractivity (Wildman–Crippen MR) is 79.7 cm³/mol. The van der Waals surface area contributed by atoms with E-state index in [2.05, 4.69) is 40.8 Å². The van der Waals surface area contributed by atoms with E-state index in [4.69, 9.17) is 9.16 Å². The average molecular weight is 287 g/mol. The number of carbonyl (C=O) groups excluding carboxylic acids is 1. The Morgan fingerprint density at radius 1 is 1.32 bits per heavy atom. The number of rotatable bonds is 3. The van der Waals surface area contributed by atoms with Crippen molar-refractivity contribution in [2.75, 3.05) is 20.7 Å². The number of carbonyl (C=O) groups is 1. The molecule has 0 aromatic heterocycles. The quantitative estimate of drug-likeness (QED) is 0.590. The van der Waals surface area contributed by atoms with Crippen LogP contribution in [0.4, 0.5) is 0 Å². The third kappa shape index (κ3) is 3.38. The topological polar surface area (TPSA) is 38.8 Å². The maximum Gasteiger partial charge on any atom is 0.323 e. The fraction of sp³-hybridized carbons (Fsp3) is 0.929. The van der Waals surface area contributed by atoms with Crippen LogP contribution in [-0.4, -0.2) is 52.0 Å². The molecule has 1 saturated heterocycles. The minimum atomic E-state index is -1.79. The fourth-order valence-electron chi connectivity index (χ4n) is 2.38. The highest BCUT2D eigenvalue weighted by Gasteiger charge is 2.47. The van der Waals surface area contributed by atoms with Gasteiger partial charge in [0.15, 0.2) is 8.32 Å². The van der Waals surface area contributed by atoms with E-state index in [1.54, 1.807) is 0 Å². The summed E-state index contributed by atoms with van der Waals surface area (Å²) < 4.78 is 11.4. The molecule has 0 aliphatic carbocycles. The molecule has 0 radical (unpaired) electrons. The fourth-order valence-corrected chi connectivity index (χ4v) is 3.78. The smallest absolute Gasteiger partial charge is 0.323 e. The van der Waals surface area contributed by atoms with Crippen LogP contribution < -0.4 is 0 Å². The molecule has 0 unspecified atom stereocenters. The molecule has 3 atom stereocenters. The van der Waals surface area contributed by atoms with Gasteiger partial charge in [0.05, 0.1) is 13.2 Å². The predicted octanol–water partition coefficient (Wildman–Crippen LogP) is 2.50. The molecular formula is C14H29NO3Si. The lowest BCUT2D eigenvalue weighted by Crippen LogP contribution is -2.46. The average Bonchev–Trinajstić information content (AvgIpc) is 2.51. The number of likely N-dealkylation sites (N-methyl/N-ethyl adjacent to an activating group) is 1. The third-order valence-corrected chi connectivity index (χ3v) is 9.23. The SMILES string of the molecule is COC(=O)[C@@H]1[C@H](C)[C@@H](O[Si](C)(C)C(C)(C)C)CN1C. The first-order valence-corrected chi connectivity index (χ1v) is 9.88. The summed E-state index contributed by atoms with van der Waals surface area (Å²) in [6.45, 7) is 14.1. The van der Waals surface area contributed by atoms with Gasteiger partial charge in [-0.3, -0.25) is 9.69 Å². The van der Waals surface area contributed by atoms with Crippen LogP contribution in [0.5, 0.6) is 0 Å². The molecule has 0 aromatic carbocycles. The molecule has 0 saturated carbocycles. The van der Waals surface area contributed by atoms with Crippen LogP contribution in [-0.2, 0) is 14.0 Å². The molecule has 1 fully saturated rings. The molecule has 1 rings (SSSR count). The first-order valence-electron chi connectivity index (χ1n) is 6.97. The highest BCUT2D eigenvalue weighted by atomic mass is 28.4. The van der Waals surface area contributed by atoms with E-state index in [1.807, 2.05) is 11.9 Å². The van der Waals surface area contributed by atoms with Crippen molar-refractivity contribution in [3.8, 4) is 0 Å². The van der Waals surface area contributed by atoms with Crippen molar-refractivity contribution in [3.05, 3.63) is 0 Å². The Balaban J connectivity index is 2.80. The first-order chi connectivity index (χ1) is 8.51. The largest absolute Gasteiger partial charge is 0.468 e. The number of hydrogen-bond acceptors (Lipinski definition) is 4. The van der Waals surface area contributed by atoms with Crippen molar-refractivity contribution < 1.29 is 14.0 Å². The molecule has 1 aliphatic heterocycles. The van der Waals surface area contributed by atoms with Crippen LogP contribution in [0.25, 0.3) is 0 Å². The van der Waals surface area contributed by atoms with Gasteiger partial charge in [0.25, 0.3) is 0 Å². The van der Waals surface area contributed by atoms with Gasteiger partial charge >= 0.3 is 5.97 Å². The van der Waals surface area contributed by atoms with E-state index >= 15 is 0 Å². The molecule has 0 spiro atoms. The van der Waals surface area contributed by atoms with Gasteiger partial charge in [-0.25, -0.2) is 0 Å². The lowest BCUT2D eigenvalue weighted by molar-refractivity contribution is -0.146. The molecule has 19 heavy (non-hydrogen) atoms. The van der Waals surface area contributed by atoms with Gasteiger partial charge in [-0.2, -0.15) is 0 Å². The molecule has 1 aliphatic rings. The number of nitrogens with zero attached hydrogens (tertiary/aromatic N) is 1. The van der Waals surface area contributed by atoms with Crippen molar-refractivity contribution in [1.29, 1.82) is 0 Å². The summed E-state index contributed by atoms with van der Waals surface area (Å²) in [5, 5.41) is 0.189. The van der Waals surface area contributed by atoms with Crippen molar-refractivity contribution >= 4 is 14.3 Å². The molecule has 0 aromatic rings. The van der Waals surface area contributed by atoms with Crippen LogP contribution in [0.2, 0.25) is 18.1 Å². The van der Waals surface area contributed by atoms with Gasteiger partial charge in [-0.05, 0) is 25.2 Å². The Labute approximate surface area is 118 Å². The third-order valence-electron chi connectivity index (χ3n) is 4.72. The van der Waals surface area contributed by atoms with E-state index < -0.39 is 8.32 Å². The van der Waals surface area contributed by atoms with Crippen LogP contribution in [0.15, 0.2) is 0 Å². The summed E-state index contributed by atoms with van der Waals surface area (Å²) in [5.41, 5.74) is 0. The molecule has 0 amide bonds. The van der Waals surface area contributed by atoms with Crippen LogP contribution in [0.1, 0.15) is 27.7 Å². The van der Waals surface area contributed by atoms with E-state index in [0.29, 0.717) is 0 Å². The maximum absolute atomic E-state index is 11.8. The lowest BCUT2D eigenvalue weighted by atomic mass is 10.0. The second kappa shape index (κ2) is 5.54. The molecular weight excluding hydrogens is 258 g/mol. The summed E-state index contributed by atoms with van der Waals surface area (Å²) in [6.07, 6.45) is 0.120. The summed E-state index contributed by atoms with van der Waals surface area (Å²) >= 11 is 0. The lowest BCUT2D eigenvalue weighted by Gasteiger charge is -2.39. The zero-order valence-corrected chi connectivity index (χ0v) is 14.6. The van der Waals surface area contributed by atoms with E-state index in [1.165, 1.54) is 7.11 Å². The summed E-state index contributed by atoms with van der Waals surface area (Å²) in [6, 6.07) is -0.181. The summed E-state index contributed by atoms with van der Waals surface area (Å²) in [5.74, 6) is 0.0166. The van der Waals surface area contributed by atoms with Crippen molar-refractivity contribution in [2.45, 2.75) is 58.0 Å². The molecule has 112 valence electrons. The van der Waals surface area contributed by atoms with Gasteiger partial charge in [-0.15, -0.1) is 0 Å². The Morgan fingerprint density at radius 2 is 1.84 bits per heavy atom. The zero-order valence-electron chi connectivity index (χ0n) is 13.6. The summed E-state index contributed by atoms with van der Waals surface area (Å²) in [7, 11) is 1.62. The second-order valence-corrected chi connectivity index (χ2v) is 11.9. The Kier molecular flexibility index (Phi) is 4.86. The maximum atomic E-state index is 11.8. The highest BCUT2D eigenvalue weighted by Crippen LogP contribution is 2.39. The van der Waals surface area contributed by atoms with Crippen LogP contribution in [0, 0.1) is 5.92 Å². The number of ether oxygens (including phenoxy) is 1. The zero-order chi connectivity index (χ0) is 15.0. The Morgan fingerprint density at radius 3 is 2.26 bits per heavy atom. The van der Waals surface area contributed by atoms with Crippen molar-refractivity contribution in [2.24, 2.45) is 5.92 Å². The van der Waals surface area contributed by atoms with Crippen molar-refractivity contribution in [1.82, 2.24) is 4.90 Å². The van der Waals surface area contributed by atoms with Crippen LogP contribution >= 0.6 is 0 Å². The van der Waals surface area contributed by atoms with Crippen molar-refractivity contribution in [3.63, 3.8) is 0 Å². The summed E-state index contributed by atoms with van der Waals surface area (Å²) in [4.78, 5) is 13.9. The van der Waals surface area contributed by atoms with Gasteiger partial charge in [-0.1, -0.05) is 27.7 Å². The monoisotopic (exact) mass is 287 g/mol. The molecule has 4 nitrogen and oxygen atoms in total. The molecule has 5 heteroatoms. The van der Waals surface area contributed by atoms with E-state index in [-0.39, 0.29) is 29.1 Å². The van der Waals surface area contributed by atoms with E-state index in [9.17, 15) is 4.79 Å². The molecule has 0 bridgehead atoms. The second-order valence-electron chi connectivity index (χ2n) is 7.18. The van der Waals surface area contributed by atoms with E-state index in [0.717, 1.165) is 6.54 Å².